The molecule has 1 fully saturated rings. The Morgan fingerprint density at radius 3 is 1.64 bits per heavy atom. The zero-order valence-electron chi connectivity index (χ0n) is 18.1. The van der Waals surface area contributed by atoms with Crippen LogP contribution in [0.3, 0.4) is 0 Å². The molecule has 0 heterocycles. The summed E-state index contributed by atoms with van der Waals surface area (Å²) in [5.41, 5.74) is -0.674. The van der Waals surface area contributed by atoms with E-state index in [1.165, 1.54) is 0 Å². The molecular formula is C21H42O4. The van der Waals surface area contributed by atoms with E-state index in [4.69, 9.17) is 19.6 Å². The largest absolute Gasteiger partial charge is 0.236 e. The third-order valence-electron chi connectivity index (χ3n) is 5.57. The molecule has 0 N–H and O–H groups in total. The van der Waals surface area contributed by atoms with E-state index in [9.17, 15) is 0 Å². The fraction of sp³-hybridized carbons (Fsp3) is 1.00. The minimum absolute atomic E-state index is 0.202. The molecule has 0 spiro atoms. The molecule has 0 aliphatic heterocycles. The van der Waals surface area contributed by atoms with Gasteiger partial charge in [0.25, 0.3) is 0 Å². The van der Waals surface area contributed by atoms with Crippen molar-refractivity contribution in [2.24, 2.45) is 17.8 Å². The molecule has 0 aromatic carbocycles. The molecule has 1 saturated carbocycles. The summed E-state index contributed by atoms with van der Waals surface area (Å²) in [6.07, 6.45) is 5.79. The van der Waals surface area contributed by atoms with Gasteiger partial charge in [0.15, 0.2) is 0 Å². The summed E-state index contributed by atoms with van der Waals surface area (Å²) in [4.78, 5) is 23.9. The summed E-state index contributed by atoms with van der Waals surface area (Å²) in [6, 6.07) is 0. The van der Waals surface area contributed by atoms with Gasteiger partial charge in [0.1, 0.15) is 0 Å². The summed E-state index contributed by atoms with van der Waals surface area (Å²) in [5.74, 6) is 0.491. The summed E-state index contributed by atoms with van der Waals surface area (Å²) in [5, 5.41) is 0. The first-order valence-electron chi connectivity index (χ1n) is 10.2. The molecule has 0 aromatic rings. The van der Waals surface area contributed by atoms with Gasteiger partial charge in [0.05, 0.1) is 11.2 Å². The predicted molar refractivity (Wildman–Crippen MR) is 102 cm³/mol. The predicted octanol–water partition coefficient (Wildman–Crippen LogP) is 6.44. The molecule has 3 atom stereocenters. The molecule has 1 rings (SSSR count). The average molecular weight is 359 g/mol. The SMILES string of the molecule is CCCC(C)(C)OOC1(OOC(C)(C)CCC)CC(C)C(C)CC1C. The van der Waals surface area contributed by atoms with E-state index in [-0.39, 0.29) is 17.1 Å². The lowest BCUT2D eigenvalue weighted by atomic mass is 9.73. The molecule has 0 amide bonds. The normalized spacial score (nSPS) is 27.5. The molecule has 0 bridgehead atoms. The van der Waals surface area contributed by atoms with Crippen molar-refractivity contribution in [3.8, 4) is 0 Å². The fourth-order valence-electron chi connectivity index (χ4n) is 3.72. The maximum Gasteiger partial charge on any atom is 0.236 e. The maximum absolute atomic E-state index is 6.05. The van der Waals surface area contributed by atoms with Gasteiger partial charge in [0.2, 0.25) is 5.79 Å². The molecule has 1 aliphatic carbocycles. The minimum atomic E-state index is -0.845. The van der Waals surface area contributed by atoms with E-state index >= 15 is 0 Å². The molecule has 150 valence electrons. The minimum Gasteiger partial charge on any atom is -0.228 e. The van der Waals surface area contributed by atoms with Crippen LogP contribution >= 0.6 is 0 Å². The van der Waals surface area contributed by atoms with Gasteiger partial charge in [-0.15, -0.1) is 0 Å². The lowest BCUT2D eigenvalue weighted by Crippen LogP contribution is -2.51. The lowest BCUT2D eigenvalue weighted by Gasteiger charge is -2.46. The quantitative estimate of drug-likeness (QED) is 0.256. The van der Waals surface area contributed by atoms with Gasteiger partial charge in [-0.2, -0.15) is 9.78 Å². The zero-order chi connectivity index (χ0) is 19.3. The van der Waals surface area contributed by atoms with Crippen LogP contribution in [0.2, 0.25) is 0 Å². The van der Waals surface area contributed by atoms with Crippen LogP contribution in [0.1, 0.15) is 101 Å². The van der Waals surface area contributed by atoms with Crippen molar-refractivity contribution < 1.29 is 19.6 Å². The van der Waals surface area contributed by atoms with Gasteiger partial charge in [-0.05, 0) is 58.8 Å². The highest BCUT2D eigenvalue weighted by atomic mass is 17.3. The Labute approximate surface area is 155 Å². The van der Waals surface area contributed by atoms with Gasteiger partial charge >= 0.3 is 0 Å². The van der Waals surface area contributed by atoms with Crippen LogP contribution < -0.4 is 0 Å². The highest BCUT2D eigenvalue weighted by molar-refractivity contribution is 4.87. The second kappa shape index (κ2) is 9.16. The van der Waals surface area contributed by atoms with Crippen molar-refractivity contribution in [2.75, 3.05) is 0 Å². The Kier molecular flexibility index (Phi) is 8.39. The summed E-state index contributed by atoms with van der Waals surface area (Å²) < 4.78 is 0. The number of rotatable bonds is 10. The van der Waals surface area contributed by atoms with E-state index in [2.05, 4.69) is 62.3 Å². The zero-order valence-corrected chi connectivity index (χ0v) is 18.1. The fourth-order valence-corrected chi connectivity index (χ4v) is 3.72. The lowest BCUT2D eigenvalue weighted by molar-refractivity contribution is -0.560. The molecule has 1 aliphatic rings. The molecular weight excluding hydrogens is 316 g/mol. The Hall–Kier alpha value is -0.160. The van der Waals surface area contributed by atoms with Crippen molar-refractivity contribution in [3.05, 3.63) is 0 Å². The van der Waals surface area contributed by atoms with Gasteiger partial charge in [-0.3, -0.25) is 0 Å². The maximum atomic E-state index is 6.05. The molecule has 4 nitrogen and oxygen atoms in total. The van der Waals surface area contributed by atoms with Crippen LogP contribution in [0.4, 0.5) is 0 Å². The molecule has 4 heteroatoms. The Morgan fingerprint density at radius 2 is 1.24 bits per heavy atom. The molecule has 0 aromatic heterocycles. The molecule has 3 unspecified atom stereocenters. The first-order valence-corrected chi connectivity index (χ1v) is 10.2. The van der Waals surface area contributed by atoms with Crippen molar-refractivity contribution in [1.29, 1.82) is 0 Å². The molecule has 0 saturated heterocycles. The van der Waals surface area contributed by atoms with E-state index in [0.29, 0.717) is 11.8 Å². The van der Waals surface area contributed by atoms with Crippen LogP contribution in [0, 0.1) is 17.8 Å². The van der Waals surface area contributed by atoms with Crippen molar-refractivity contribution in [1.82, 2.24) is 0 Å². The second-order valence-corrected chi connectivity index (χ2v) is 9.46. The Balaban J connectivity index is 2.90. The van der Waals surface area contributed by atoms with Crippen molar-refractivity contribution in [3.63, 3.8) is 0 Å². The van der Waals surface area contributed by atoms with Crippen LogP contribution in [0.15, 0.2) is 0 Å². The van der Waals surface area contributed by atoms with Crippen LogP contribution in [-0.4, -0.2) is 17.0 Å². The molecule has 25 heavy (non-hydrogen) atoms. The Morgan fingerprint density at radius 1 is 0.800 bits per heavy atom. The topological polar surface area (TPSA) is 36.9 Å². The summed E-state index contributed by atoms with van der Waals surface area (Å²) in [6.45, 7) is 19.3. The average Bonchev–Trinajstić information content (AvgIpc) is 2.48. The monoisotopic (exact) mass is 358 g/mol. The third-order valence-corrected chi connectivity index (χ3v) is 5.57. The summed E-state index contributed by atoms with van der Waals surface area (Å²) >= 11 is 0. The van der Waals surface area contributed by atoms with Gasteiger partial charge in [-0.25, -0.2) is 9.78 Å². The van der Waals surface area contributed by atoms with E-state index < -0.39 is 5.79 Å². The standard InChI is InChI=1S/C21H42O4/c1-10-12-19(6,7)22-24-21(25-23-20(8,9)13-11-2)15-17(4)16(3)14-18(21)5/h16-18H,10-15H2,1-9H3. The second-order valence-electron chi connectivity index (χ2n) is 9.46. The van der Waals surface area contributed by atoms with E-state index in [0.717, 1.165) is 38.5 Å². The van der Waals surface area contributed by atoms with Crippen LogP contribution in [0.25, 0.3) is 0 Å². The first kappa shape index (κ1) is 22.9. The van der Waals surface area contributed by atoms with E-state index in [1.807, 2.05) is 0 Å². The summed E-state index contributed by atoms with van der Waals surface area (Å²) in [7, 11) is 0. The van der Waals surface area contributed by atoms with Crippen LogP contribution in [-0.2, 0) is 19.6 Å². The van der Waals surface area contributed by atoms with Crippen molar-refractivity contribution >= 4 is 0 Å². The smallest absolute Gasteiger partial charge is 0.228 e. The highest BCUT2D eigenvalue weighted by Crippen LogP contribution is 2.45. The molecule has 0 radical (unpaired) electrons. The van der Waals surface area contributed by atoms with E-state index in [1.54, 1.807) is 0 Å². The van der Waals surface area contributed by atoms with Gasteiger partial charge in [-0.1, -0.05) is 47.5 Å². The van der Waals surface area contributed by atoms with Gasteiger partial charge < -0.3 is 0 Å². The van der Waals surface area contributed by atoms with Crippen LogP contribution in [0.5, 0.6) is 0 Å². The number of hydrogen-bond donors (Lipinski definition) is 0. The first-order chi connectivity index (χ1) is 11.5. The van der Waals surface area contributed by atoms with Crippen molar-refractivity contribution in [2.45, 2.75) is 118 Å². The highest BCUT2D eigenvalue weighted by Gasteiger charge is 2.49. The Bertz CT molecular complexity index is 369. The third kappa shape index (κ3) is 6.82. The number of hydrogen-bond acceptors (Lipinski definition) is 4. The van der Waals surface area contributed by atoms with Gasteiger partial charge in [0, 0.05) is 12.3 Å².